The largest absolute Gasteiger partial charge is 0.335 e. The number of fused-ring (bicyclic) bond motifs is 1. The highest BCUT2D eigenvalue weighted by Crippen LogP contribution is 2.32. The zero-order valence-electron chi connectivity index (χ0n) is 15.6. The van der Waals surface area contributed by atoms with Gasteiger partial charge in [0, 0.05) is 48.7 Å². The lowest BCUT2D eigenvalue weighted by Crippen LogP contribution is -2.48. The summed E-state index contributed by atoms with van der Waals surface area (Å²) in [6.45, 7) is 10.2. The van der Waals surface area contributed by atoms with Crippen molar-refractivity contribution in [3.8, 4) is 0 Å². The van der Waals surface area contributed by atoms with Crippen molar-refractivity contribution in [2.24, 2.45) is 0 Å². The van der Waals surface area contributed by atoms with Crippen LogP contribution in [0, 0.1) is 20.8 Å². The van der Waals surface area contributed by atoms with Gasteiger partial charge in [0.1, 0.15) is 10.7 Å². The number of aromatic nitrogens is 2. The lowest BCUT2D eigenvalue weighted by Gasteiger charge is -2.34. The number of nitrogens with zero attached hydrogens (tertiary/aromatic N) is 4. The molecule has 0 spiro atoms. The molecule has 0 radical (unpaired) electrons. The van der Waals surface area contributed by atoms with Gasteiger partial charge in [0.05, 0.1) is 8.66 Å². The summed E-state index contributed by atoms with van der Waals surface area (Å²) in [7, 11) is 0. The summed E-state index contributed by atoms with van der Waals surface area (Å²) in [4.78, 5) is 29.6. The van der Waals surface area contributed by atoms with Crippen molar-refractivity contribution < 1.29 is 4.79 Å². The van der Waals surface area contributed by atoms with E-state index >= 15 is 0 Å². The molecule has 142 valence electrons. The molecule has 8 heteroatoms. The van der Waals surface area contributed by atoms with Crippen LogP contribution in [-0.4, -0.2) is 51.9 Å². The average Bonchev–Trinajstić information content (AvgIpc) is 3.18. The zero-order valence-corrected chi connectivity index (χ0v) is 18.8. The molecule has 3 aromatic rings. The molecule has 4 heterocycles. The number of hydrogen-bond donors (Lipinski definition) is 0. The summed E-state index contributed by atoms with van der Waals surface area (Å²) in [5.74, 6) is 0.889. The van der Waals surface area contributed by atoms with Crippen LogP contribution in [0.1, 0.15) is 31.6 Å². The predicted molar refractivity (Wildman–Crippen MR) is 115 cm³/mol. The Morgan fingerprint density at radius 3 is 2.52 bits per heavy atom. The van der Waals surface area contributed by atoms with E-state index in [-0.39, 0.29) is 5.91 Å². The molecule has 3 aromatic heterocycles. The second-order valence-corrected chi connectivity index (χ2v) is 10.4. The van der Waals surface area contributed by atoms with E-state index in [9.17, 15) is 4.79 Å². The molecule has 0 saturated carbocycles. The van der Waals surface area contributed by atoms with E-state index in [0.717, 1.165) is 64.9 Å². The van der Waals surface area contributed by atoms with Crippen molar-refractivity contribution in [2.45, 2.75) is 27.3 Å². The summed E-state index contributed by atoms with van der Waals surface area (Å²) in [6.07, 6.45) is 0. The van der Waals surface area contributed by atoms with Crippen LogP contribution in [0.15, 0.2) is 15.9 Å². The average molecular weight is 465 g/mol. The van der Waals surface area contributed by atoms with E-state index in [1.54, 1.807) is 11.3 Å². The predicted octanol–water partition coefficient (Wildman–Crippen LogP) is 4.40. The maximum Gasteiger partial charge on any atom is 0.264 e. The fourth-order valence-corrected chi connectivity index (χ4v) is 6.36. The lowest BCUT2D eigenvalue weighted by atomic mass is 10.1. The molecule has 0 bridgehead atoms. The Morgan fingerprint density at radius 2 is 1.85 bits per heavy atom. The first-order valence-corrected chi connectivity index (χ1v) is 11.3. The van der Waals surface area contributed by atoms with Crippen molar-refractivity contribution in [2.75, 3.05) is 26.2 Å². The molecule has 1 saturated heterocycles. The van der Waals surface area contributed by atoms with Crippen molar-refractivity contribution in [1.82, 2.24) is 19.8 Å². The van der Waals surface area contributed by atoms with Crippen LogP contribution in [0.25, 0.3) is 10.2 Å². The maximum absolute atomic E-state index is 13.1. The summed E-state index contributed by atoms with van der Waals surface area (Å²) in [5.41, 5.74) is 1.97. The van der Waals surface area contributed by atoms with Crippen LogP contribution in [0.3, 0.4) is 0 Å². The topological polar surface area (TPSA) is 49.3 Å². The van der Waals surface area contributed by atoms with Crippen LogP contribution in [0.2, 0.25) is 0 Å². The first-order valence-electron chi connectivity index (χ1n) is 8.92. The van der Waals surface area contributed by atoms with Crippen LogP contribution in [0.5, 0.6) is 0 Å². The number of thiophene rings is 2. The van der Waals surface area contributed by atoms with Gasteiger partial charge in [-0.25, -0.2) is 9.97 Å². The molecule has 0 aromatic carbocycles. The van der Waals surface area contributed by atoms with Gasteiger partial charge in [-0.1, -0.05) is 0 Å². The number of amides is 1. The quantitative estimate of drug-likeness (QED) is 0.576. The van der Waals surface area contributed by atoms with Crippen LogP contribution in [0.4, 0.5) is 0 Å². The van der Waals surface area contributed by atoms with E-state index < -0.39 is 0 Å². The minimum absolute atomic E-state index is 0.131. The second-order valence-electron chi connectivity index (χ2n) is 6.87. The van der Waals surface area contributed by atoms with Gasteiger partial charge < -0.3 is 4.90 Å². The van der Waals surface area contributed by atoms with Crippen molar-refractivity contribution in [3.05, 3.63) is 42.8 Å². The molecule has 0 unspecified atom stereocenters. The molecule has 4 rings (SSSR count). The Bertz CT molecular complexity index is 1000. The van der Waals surface area contributed by atoms with Gasteiger partial charge in [-0.15, -0.1) is 22.7 Å². The Hall–Kier alpha value is -1.35. The first-order chi connectivity index (χ1) is 12.9. The molecule has 1 fully saturated rings. The highest BCUT2D eigenvalue weighted by atomic mass is 79.9. The number of carbonyl (C=O) groups excluding carboxylic acids is 1. The van der Waals surface area contributed by atoms with Crippen LogP contribution in [-0.2, 0) is 6.54 Å². The molecular weight excluding hydrogens is 444 g/mol. The van der Waals surface area contributed by atoms with E-state index in [2.05, 4.69) is 42.9 Å². The van der Waals surface area contributed by atoms with Gasteiger partial charge in [-0.05, 0) is 54.4 Å². The number of hydrogen-bond acceptors (Lipinski definition) is 6. The zero-order chi connectivity index (χ0) is 19.1. The van der Waals surface area contributed by atoms with Gasteiger partial charge in [-0.2, -0.15) is 0 Å². The number of rotatable bonds is 3. The highest BCUT2D eigenvalue weighted by Gasteiger charge is 2.26. The van der Waals surface area contributed by atoms with Crippen molar-refractivity contribution in [1.29, 1.82) is 0 Å². The third kappa shape index (κ3) is 3.81. The highest BCUT2D eigenvalue weighted by molar-refractivity contribution is 9.11. The summed E-state index contributed by atoms with van der Waals surface area (Å²) in [5, 5.41) is 1.04. The molecule has 5 nitrogen and oxygen atoms in total. The molecule has 27 heavy (non-hydrogen) atoms. The van der Waals surface area contributed by atoms with Gasteiger partial charge in [-0.3, -0.25) is 9.69 Å². The minimum atomic E-state index is 0.131. The third-order valence-electron chi connectivity index (χ3n) is 4.94. The Labute approximate surface area is 175 Å². The monoisotopic (exact) mass is 464 g/mol. The summed E-state index contributed by atoms with van der Waals surface area (Å²) >= 11 is 6.80. The van der Waals surface area contributed by atoms with Gasteiger partial charge >= 0.3 is 0 Å². The fourth-order valence-electron chi connectivity index (χ4n) is 3.59. The summed E-state index contributed by atoms with van der Waals surface area (Å²) in [6, 6.07) is 4.26. The molecule has 0 N–H and O–H groups in total. The van der Waals surface area contributed by atoms with Crippen molar-refractivity contribution in [3.63, 3.8) is 0 Å². The number of carbonyl (C=O) groups is 1. The van der Waals surface area contributed by atoms with Crippen LogP contribution < -0.4 is 0 Å². The molecule has 0 aliphatic carbocycles. The number of halogens is 1. The molecule has 0 atom stereocenters. The van der Waals surface area contributed by atoms with Crippen molar-refractivity contribution >= 4 is 54.7 Å². The van der Waals surface area contributed by atoms with E-state index in [0.29, 0.717) is 0 Å². The SMILES string of the molecule is Cc1nc(C)c2c(C)c(C(=O)N3CCN(Cc4ccc(Br)s4)CC3)sc2n1. The number of aryl methyl sites for hydroxylation is 3. The molecule has 1 aliphatic heterocycles. The minimum Gasteiger partial charge on any atom is -0.335 e. The Morgan fingerprint density at radius 1 is 1.11 bits per heavy atom. The van der Waals surface area contributed by atoms with E-state index in [1.807, 2.05) is 25.7 Å². The Kier molecular flexibility index (Phi) is 5.33. The van der Waals surface area contributed by atoms with E-state index in [1.165, 1.54) is 20.0 Å². The van der Waals surface area contributed by atoms with Gasteiger partial charge in [0.25, 0.3) is 5.91 Å². The lowest BCUT2D eigenvalue weighted by molar-refractivity contribution is 0.0634. The number of piperazine rings is 1. The van der Waals surface area contributed by atoms with Crippen LogP contribution >= 0.6 is 38.6 Å². The van der Waals surface area contributed by atoms with Gasteiger partial charge in [0.2, 0.25) is 0 Å². The molecular formula is C19H21BrN4OS2. The molecule has 1 amide bonds. The maximum atomic E-state index is 13.1. The van der Waals surface area contributed by atoms with E-state index in [4.69, 9.17) is 0 Å². The standard InChI is InChI=1S/C19H21BrN4OS2/c1-11-16-12(2)21-13(3)22-18(16)27-17(11)19(25)24-8-6-23(7-9-24)10-14-4-5-15(20)26-14/h4-5H,6-10H2,1-3H3. The third-order valence-corrected chi connectivity index (χ3v) is 7.73. The Balaban J connectivity index is 1.47. The fraction of sp³-hybridized carbons (Fsp3) is 0.421. The smallest absolute Gasteiger partial charge is 0.264 e. The first kappa shape index (κ1) is 19.0. The second kappa shape index (κ2) is 7.58. The normalized spacial score (nSPS) is 15.6. The van der Waals surface area contributed by atoms with Gasteiger partial charge in [0.15, 0.2) is 0 Å². The summed E-state index contributed by atoms with van der Waals surface area (Å²) < 4.78 is 1.17. The molecule has 1 aliphatic rings.